The summed E-state index contributed by atoms with van der Waals surface area (Å²) in [7, 11) is 0. The third-order valence-electron chi connectivity index (χ3n) is 5.52. The second-order valence-electron chi connectivity index (χ2n) is 7.61. The van der Waals surface area contributed by atoms with Crippen LogP contribution in [0.3, 0.4) is 0 Å². The van der Waals surface area contributed by atoms with Gasteiger partial charge < -0.3 is 9.73 Å². The molecule has 3 aromatic rings. The summed E-state index contributed by atoms with van der Waals surface area (Å²) in [5, 5.41) is 12.0. The van der Waals surface area contributed by atoms with Crippen LogP contribution in [-0.2, 0) is 11.3 Å². The molecule has 0 saturated heterocycles. The van der Waals surface area contributed by atoms with Crippen LogP contribution in [0.1, 0.15) is 55.3 Å². The monoisotopic (exact) mass is 381 g/mol. The lowest BCUT2D eigenvalue weighted by molar-refractivity contribution is -0.117. The van der Waals surface area contributed by atoms with E-state index in [9.17, 15) is 4.79 Å². The Labute approximate surface area is 164 Å². The molecule has 1 fully saturated rings. The lowest BCUT2D eigenvalue weighted by Gasteiger charge is -2.23. The summed E-state index contributed by atoms with van der Waals surface area (Å²) >= 11 is 0. The van der Waals surface area contributed by atoms with Gasteiger partial charge in [-0.2, -0.15) is 10.2 Å². The molecule has 0 spiro atoms. The topological polar surface area (TPSA) is 77.9 Å². The van der Waals surface area contributed by atoms with E-state index in [4.69, 9.17) is 4.42 Å². The van der Waals surface area contributed by atoms with Crippen molar-refractivity contribution in [1.29, 1.82) is 0 Å². The van der Waals surface area contributed by atoms with Crippen molar-refractivity contribution in [2.75, 3.05) is 5.32 Å². The average molecular weight is 381 g/mol. The van der Waals surface area contributed by atoms with Gasteiger partial charge in [0.05, 0.1) is 23.5 Å². The van der Waals surface area contributed by atoms with Gasteiger partial charge in [-0.1, -0.05) is 19.3 Å². The van der Waals surface area contributed by atoms with E-state index in [1.165, 1.54) is 19.3 Å². The molecule has 148 valence electrons. The smallest absolute Gasteiger partial charge is 0.247 e. The maximum Gasteiger partial charge on any atom is 0.247 e. The molecule has 0 atom stereocenters. The van der Waals surface area contributed by atoms with Crippen molar-refractivity contribution < 1.29 is 9.21 Å². The number of rotatable bonds is 5. The Hall–Kier alpha value is -2.83. The zero-order valence-corrected chi connectivity index (χ0v) is 16.7. The molecule has 0 radical (unpaired) electrons. The number of nitrogens with zero attached hydrogens (tertiary/aromatic N) is 4. The van der Waals surface area contributed by atoms with Crippen molar-refractivity contribution in [3.05, 3.63) is 41.5 Å². The molecule has 1 N–H and O–H groups in total. The molecule has 1 saturated carbocycles. The number of carbonyl (C=O) groups excluding carboxylic acids is 1. The molecule has 1 aliphatic rings. The highest BCUT2D eigenvalue weighted by molar-refractivity contribution is 5.89. The molecule has 3 heterocycles. The molecule has 0 aliphatic heterocycles. The Kier molecular flexibility index (Phi) is 5.07. The standard InChI is InChI=1S/C21H27N5O2/c1-14-9-10-18(28-14)21-15(2)24-25(16(21)3)13-20(27)23-19-11-12-22-26(19)17-7-5-4-6-8-17/h9-12,17H,4-8,13H2,1-3H3,(H,23,27). The SMILES string of the molecule is Cc1ccc(-c2c(C)nn(CC(=O)Nc3ccnn3C3CCCCC3)c2C)o1. The molecule has 1 amide bonds. The Morgan fingerprint density at radius 2 is 1.96 bits per heavy atom. The van der Waals surface area contributed by atoms with Gasteiger partial charge >= 0.3 is 0 Å². The van der Waals surface area contributed by atoms with Crippen molar-refractivity contribution in [2.24, 2.45) is 0 Å². The molecule has 1 aliphatic carbocycles. The first-order valence-corrected chi connectivity index (χ1v) is 9.97. The lowest BCUT2D eigenvalue weighted by Crippen LogP contribution is -2.24. The van der Waals surface area contributed by atoms with Crippen LogP contribution in [-0.4, -0.2) is 25.5 Å². The van der Waals surface area contributed by atoms with E-state index in [2.05, 4.69) is 15.5 Å². The van der Waals surface area contributed by atoms with Gasteiger partial charge in [-0.15, -0.1) is 0 Å². The number of anilines is 1. The summed E-state index contributed by atoms with van der Waals surface area (Å²) < 4.78 is 9.46. The number of furan rings is 1. The zero-order chi connectivity index (χ0) is 19.7. The molecule has 0 unspecified atom stereocenters. The van der Waals surface area contributed by atoms with Crippen LogP contribution in [0.15, 0.2) is 28.8 Å². The van der Waals surface area contributed by atoms with Crippen LogP contribution in [0.4, 0.5) is 5.82 Å². The number of aryl methyl sites for hydroxylation is 2. The highest BCUT2D eigenvalue weighted by Gasteiger charge is 2.21. The molecular formula is C21H27N5O2. The van der Waals surface area contributed by atoms with Crippen LogP contribution in [0.2, 0.25) is 0 Å². The van der Waals surface area contributed by atoms with Crippen LogP contribution in [0.5, 0.6) is 0 Å². The summed E-state index contributed by atoms with van der Waals surface area (Å²) in [5.74, 6) is 2.30. The van der Waals surface area contributed by atoms with Gasteiger partial charge in [0.15, 0.2) is 0 Å². The second-order valence-corrected chi connectivity index (χ2v) is 7.61. The Morgan fingerprint density at radius 1 is 1.18 bits per heavy atom. The summed E-state index contributed by atoms with van der Waals surface area (Å²) in [6.07, 6.45) is 7.72. The van der Waals surface area contributed by atoms with E-state index in [0.29, 0.717) is 6.04 Å². The van der Waals surface area contributed by atoms with E-state index < -0.39 is 0 Å². The first-order chi connectivity index (χ1) is 13.5. The number of aromatic nitrogens is 4. The number of hydrogen-bond acceptors (Lipinski definition) is 4. The quantitative estimate of drug-likeness (QED) is 0.710. The largest absolute Gasteiger partial charge is 0.461 e. The fourth-order valence-corrected chi connectivity index (χ4v) is 4.12. The summed E-state index contributed by atoms with van der Waals surface area (Å²) in [4.78, 5) is 12.7. The van der Waals surface area contributed by atoms with Gasteiger partial charge in [0.2, 0.25) is 5.91 Å². The zero-order valence-electron chi connectivity index (χ0n) is 16.7. The van der Waals surface area contributed by atoms with Gasteiger partial charge in [0, 0.05) is 11.8 Å². The minimum atomic E-state index is -0.106. The van der Waals surface area contributed by atoms with E-state index >= 15 is 0 Å². The number of carbonyl (C=O) groups is 1. The highest BCUT2D eigenvalue weighted by atomic mass is 16.3. The Morgan fingerprint density at radius 3 is 2.68 bits per heavy atom. The van der Waals surface area contributed by atoms with Crippen LogP contribution >= 0.6 is 0 Å². The van der Waals surface area contributed by atoms with Crippen molar-refractivity contribution >= 4 is 11.7 Å². The van der Waals surface area contributed by atoms with E-state index in [0.717, 1.165) is 47.1 Å². The normalized spacial score (nSPS) is 15.1. The molecule has 0 aromatic carbocycles. The molecule has 7 heteroatoms. The minimum absolute atomic E-state index is 0.106. The highest BCUT2D eigenvalue weighted by Crippen LogP contribution is 2.30. The van der Waals surface area contributed by atoms with Gasteiger partial charge in [-0.25, -0.2) is 4.68 Å². The van der Waals surface area contributed by atoms with Crippen LogP contribution < -0.4 is 5.32 Å². The maximum absolute atomic E-state index is 12.7. The van der Waals surface area contributed by atoms with Gasteiger partial charge in [-0.05, 0) is 45.7 Å². The predicted molar refractivity (Wildman–Crippen MR) is 107 cm³/mol. The molecule has 7 nitrogen and oxygen atoms in total. The third-order valence-corrected chi connectivity index (χ3v) is 5.52. The Balaban J connectivity index is 1.49. The summed E-state index contributed by atoms with van der Waals surface area (Å²) in [6.45, 7) is 5.98. The van der Waals surface area contributed by atoms with Crippen molar-refractivity contribution in [2.45, 2.75) is 65.5 Å². The van der Waals surface area contributed by atoms with Crippen molar-refractivity contribution in [1.82, 2.24) is 19.6 Å². The van der Waals surface area contributed by atoms with Gasteiger partial charge in [0.25, 0.3) is 0 Å². The third kappa shape index (κ3) is 3.61. The molecular weight excluding hydrogens is 354 g/mol. The van der Waals surface area contributed by atoms with Crippen molar-refractivity contribution in [3.8, 4) is 11.3 Å². The van der Waals surface area contributed by atoms with Crippen LogP contribution in [0, 0.1) is 20.8 Å². The molecule has 4 rings (SSSR count). The number of nitrogens with one attached hydrogen (secondary N) is 1. The first kappa shape index (κ1) is 18.5. The average Bonchev–Trinajstić information content (AvgIpc) is 3.36. The van der Waals surface area contributed by atoms with Crippen LogP contribution in [0.25, 0.3) is 11.3 Å². The second kappa shape index (κ2) is 7.66. The molecule has 3 aromatic heterocycles. The Bertz CT molecular complexity index is 975. The van der Waals surface area contributed by atoms with Crippen molar-refractivity contribution in [3.63, 3.8) is 0 Å². The fourth-order valence-electron chi connectivity index (χ4n) is 4.12. The van der Waals surface area contributed by atoms with Gasteiger partial charge in [-0.3, -0.25) is 9.48 Å². The lowest BCUT2D eigenvalue weighted by atomic mass is 9.96. The van der Waals surface area contributed by atoms with E-state index in [1.807, 2.05) is 43.7 Å². The first-order valence-electron chi connectivity index (χ1n) is 9.97. The van der Waals surface area contributed by atoms with Gasteiger partial charge in [0.1, 0.15) is 23.9 Å². The maximum atomic E-state index is 12.7. The van der Waals surface area contributed by atoms with E-state index in [-0.39, 0.29) is 12.5 Å². The minimum Gasteiger partial charge on any atom is -0.461 e. The molecule has 28 heavy (non-hydrogen) atoms. The fraction of sp³-hybridized carbons (Fsp3) is 0.476. The predicted octanol–water partition coefficient (Wildman–Crippen LogP) is 4.41. The number of hydrogen-bond donors (Lipinski definition) is 1. The summed E-state index contributed by atoms with van der Waals surface area (Å²) in [5.41, 5.74) is 2.72. The van der Waals surface area contributed by atoms with E-state index in [1.54, 1.807) is 10.9 Å². The number of amides is 1. The molecule has 0 bridgehead atoms. The summed E-state index contributed by atoms with van der Waals surface area (Å²) in [6, 6.07) is 6.12.